The monoisotopic (exact) mass is 266 g/mol. The van der Waals surface area contributed by atoms with E-state index in [-0.39, 0.29) is 5.56 Å². The second kappa shape index (κ2) is 6.38. The maximum absolute atomic E-state index is 12.4. The van der Waals surface area contributed by atoms with Gasteiger partial charge in [-0.15, -0.1) is 10.2 Å². The van der Waals surface area contributed by atoms with E-state index in [0.717, 1.165) is 24.4 Å². The molecular weight excluding hydrogens is 250 g/mol. The summed E-state index contributed by atoms with van der Waals surface area (Å²) in [5.74, 6) is 0.917. The Balaban J connectivity index is 1.75. The second-order valence-electron chi connectivity index (χ2n) is 4.33. The number of halogens is 2. The van der Waals surface area contributed by atoms with Crippen molar-refractivity contribution >= 4 is 0 Å². The molecule has 0 aliphatic heterocycles. The molecule has 0 radical (unpaired) electrons. The molecule has 0 bridgehead atoms. The van der Waals surface area contributed by atoms with Gasteiger partial charge in [-0.3, -0.25) is 0 Å². The minimum absolute atomic E-state index is 0.0582. The third kappa shape index (κ3) is 3.82. The van der Waals surface area contributed by atoms with Gasteiger partial charge >= 0.3 is 0 Å². The van der Waals surface area contributed by atoms with Crippen molar-refractivity contribution in [3.8, 4) is 0 Å². The maximum atomic E-state index is 12.4. The summed E-state index contributed by atoms with van der Waals surface area (Å²) in [5.41, 5.74) is 1.05. The molecule has 2 rings (SSSR count). The minimum atomic E-state index is -2.40. The summed E-state index contributed by atoms with van der Waals surface area (Å²) in [5, 5.41) is 11.0. The molecule has 0 saturated carbocycles. The summed E-state index contributed by atoms with van der Waals surface area (Å²) in [6, 6.07) is 6.36. The van der Waals surface area contributed by atoms with Gasteiger partial charge in [0.15, 0.2) is 0 Å². The van der Waals surface area contributed by atoms with Crippen molar-refractivity contribution in [2.75, 3.05) is 6.54 Å². The van der Waals surface area contributed by atoms with Gasteiger partial charge in [0, 0.05) is 32.1 Å². The molecule has 6 heteroatoms. The summed E-state index contributed by atoms with van der Waals surface area (Å²) >= 11 is 0. The molecule has 1 heterocycles. The highest BCUT2D eigenvalue weighted by molar-refractivity contribution is 5.23. The van der Waals surface area contributed by atoms with Gasteiger partial charge in [-0.1, -0.05) is 24.3 Å². The highest BCUT2D eigenvalue weighted by Gasteiger charge is 2.05. The topological polar surface area (TPSA) is 42.7 Å². The summed E-state index contributed by atoms with van der Waals surface area (Å²) in [6.45, 7) is 1.42. The van der Waals surface area contributed by atoms with Crippen LogP contribution in [0.3, 0.4) is 0 Å². The highest BCUT2D eigenvalue weighted by atomic mass is 19.3. The first-order chi connectivity index (χ1) is 9.16. The van der Waals surface area contributed by atoms with Gasteiger partial charge in [0.2, 0.25) is 0 Å². The lowest BCUT2D eigenvalue weighted by molar-refractivity contribution is 0.151. The lowest BCUT2D eigenvalue weighted by Gasteiger charge is -2.06. The smallest absolute Gasteiger partial charge is 0.263 e. The SMILES string of the molecule is Cn1cnnc1CCNCc1ccc(C(F)F)cc1. The summed E-state index contributed by atoms with van der Waals surface area (Å²) in [7, 11) is 1.90. The molecule has 0 fully saturated rings. The van der Waals surface area contributed by atoms with Gasteiger partial charge in [-0.2, -0.15) is 0 Å². The molecule has 0 aliphatic rings. The van der Waals surface area contributed by atoms with Gasteiger partial charge < -0.3 is 9.88 Å². The fraction of sp³-hybridized carbons (Fsp3) is 0.385. The van der Waals surface area contributed by atoms with Crippen molar-refractivity contribution in [1.82, 2.24) is 20.1 Å². The van der Waals surface area contributed by atoms with E-state index in [1.54, 1.807) is 18.5 Å². The van der Waals surface area contributed by atoms with Gasteiger partial charge in [-0.05, 0) is 5.56 Å². The molecule has 1 aromatic carbocycles. The summed E-state index contributed by atoms with van der Waals surface area (Å²) < 4.78 is 26.6. The Morgan fingerprint density at radius 3 is 2.58 bits per heavy atom. The van der Waals surface area contributed by atoms with Crippen LogP contribution in [0.15, 0.2) is 30.6 Å². The average Bonchev–Trinajstić information content (AvgIpc) is 2.81. The minimum Gasteiger partial charge on any atom is -0.321 e. The maximum Gasteiger partial charge on any atom is 0.263 e. The predicted octanol–water partition coefficient (Wildman–Crippen LogP) is 2.08. The van der Waals surface area contributed by atoms with Crippen LogP contribution < -0.4 is 5.32 Å². The van der Waals surface area contributed by atoms with Crippen molar-refractivity contribution in [1.29, 1.82) is 0 Å². The van der Waals surface area contributed by atoms with E-state index in [1.165, 1.54) is 12.1 Å². The number of benzene rings is 1. The van der Waals surface area contributed by atoms with Crippen LogP contribution in [0.5, 0.6) is 0 Å². The third-order valence-electron chi connectivity index (χ3n) is 2.89. The zero-order valence-corrected chi connectivity index (χ0v) is 10.7. The van der Waals surface area contributed by atoms with Crippen LogP contribution in [0.1, 0.15) is 23.4 Å². The average molecular weight is 266 g/mol. The van der Waals surface area contributed by atoms with Gasteiger partial charge in [0.25, 0.3) is 6.43 Å². The number of nitrogens with zero attached hydrogens (tertiary/aromatic N) is 3. The zero-order valence-electron chi connectivity index (χ0n) is 10.7. The third-order valence-corrected chi connectivity index (χ3v) is 2.89. The lowest BCUT2D eigenvalue weighted by atomic mass is 10.1. The van der Waals surface area contributed by atoms with Crippen molar-refractivity contribution in [2.24, 2.45) is 7.05 Å². The van der Waals surface area contributed by atoms with E-state index in [0.29, 0.717) is 6.54 Å². The second-order valence-corrected chi connectivity index (χ2v) is 4.33. The van der Waals surface area contributed by atoms with Crippen molar-refractivity contribution in [2.45, 2.75) is 19.4 Å². The number of alkyl halides is 2. The largest absolute Gasteiger partial charge is 0.321 e. The number of aryl methyl sites for hydroxylation is 1. The molecule has 0 atom stereocenters. The molecule has 0 spiro atoms. The quantitative estimate of drug-likeness (QED) is 0.814. The van der Waals surface area contributed by atoms with Crippen LogP contribution in [-0.2, 0) is 20.0 Å². The fourth-order valence-corrected chi connectivity index (χ4v) is 1.75. The van der Waals surface area contributed by atoms with Gasteiger partial charge in [0.1, 0.15) is 12.2 Å². The van der Waals surface area contributed by atoms with Crippen LogP contribution in [-0.4, -0.2) is 21.3 Å². The Morgan fingerprint density at radius 1 is 1.26 bits per heavy atom. The van der Waals surface area contributed by atoms with E-state index in [4.69, 9.17) is 0 Å². The van der Waals surface area contributed by atoms with E-state index < -0.39 is 6.43 Å². The lowest BCUT2D eigenvalue weighted by Crippen LogP contribution is -2.18. The first-order valence-electron chi connectivity index (χ1n) is 6.07. The molecule has 1 N–H and O–H groups in total. The molecule has 102 valence electrons. The predicted molar refractivity (Wildman–Crippen MR) is 67.8 cm³/mol. The number of rotatable bonds is 6. The molecule has 0 saturated heterocycles. The van der Waals surface area contributed by atoms with Crippen LogP contribution in [0.2, 0.25) is 0 Å². The summed E-state index contributed by atoms with van der Waals surface area (Å²) in [4.78, 5) is 0. The van der Waals surface area contributed by atoms with Gasteiger partial charge in [0.05, 0.1) is 0 Å². The number of aromatic nitrogens is 3. The van der Waals surface area contributed by atoms with Crippen molar-refractivity contribution in [3.05, 3.63) is 47.5 Å². The van der Waals surface area contributed by atoms with E-state index in [1.807, 2.05) is 11.6 Å². The highest BCUT2D eigenvalue weighted by Crippen LogP contribution is 2.18. The molecule has 0 aliphatic carbocycles. The van der Waals surface area contributed by atoms with E-state index in [9.17, 15) is 8.78 Å². The molecule has 0 amide bonds. The van der Waals surface area contributed by atoms with E-state index >= 15 is 0 Å². The first-order valence-corrected chi connectivity index (χ1v) is 6.07. The molecule has 4 nitrogen and oxygen atoms in total. The van der Waals surface area contributed by atoms with Crippen LogP contribution in [0.4, 0.5) is 8.78 Å². The standard InChI is InChI=1S/C13H16F2N4/c1-19-9-17-18-12(19)6-7-16-8-10-2-4-11(5-3-10)13(14)15/h2-5,9,13,16H,6-8H2,1H3. The Kier molecular flexibility index (Phi) is 4.57. The van der Waals surface area contributed by atoms with Crippen LogP contribution in [0.25, 0.3) is 0 Å². The molecule has 2 aromatic rings. The van der Waals surface area contributed by atoms with Gasteiger partial charge in [-0.25, -0.2) is 8.78 Å². The van der Waals surface area contributed by atoms with Crippen LogP contribution >= 0.6 is 0 Å². The van der Waals surface area contributed by atoms with Crippen LogP contribution in [0, 0.1) is 0 Å². The Hall–Kier alpha value is -1.82. The molecule has 19 heavy (non-hydrogen) atoms. The first kappa shape index (κ1) is 13.6. The zero-order chi connectivity index (χ0) is 13.7. The summed E-state index contributed by atoms with van der Waals surface area (Å²) in [6.07, 6.45) is 0.0437. The van der Waals surface area contributed by atoms with Crippen molar-refractivity contribution < 1.29 is 8.78 Å². The molecule has 1 aromatic heterocycles. The Bertz CT molecular complexity index is 508. The number of hydrogen-bond donors (Lipinski definition) is 1. The van der Waals surface area contributed by atoms with E-state index in [2.05, 4.69) is 15.5 Å². The number of nitrogens with one attached hydrogen (secondary N) is 1. The van der Waals surface area contributed by atoms with Crippen molar-refractivity contribution in [3.63, 3.8) is 0 Å². The normalized spacial score (nSPS) is 11.2. The molecule has 0 unspecified atom stereocenters. The Morgan fingerprint density at radius 2 is 2.00 bits per heavy atom. The molecular formula is C13H16F2N4. The number of hydrogen-bond acceptors (Lipinski definition) is 3. The fourth-order valence-electron chi connectivity index (χ4n) is 1.75. The Labute approximate surface area is 110 Å².